The summed E-state index contributed by atoms with van der Waals surface area (Å²) >= 11 is 0. The van der Waals surface area contributed by atoms with Gasteiger partial charge < -0.3 is 15.5 Å². The summed E-state index contributed by atoms with van der Waals surface area (Å²) in [4.78, 5) is 26.5. The molecule has 1 saturated heterocycles. The van der Waals surface area contributed by atoms with Crippen LogP contribution in [0.4, 0.5) is 11.4 Å². The Morgan fingerprint density at radius 2 is 1.62 bits per heavy atom. The van der Waals surface area contributed by atoms with Gasteiger partial charge in [0.2, 0.25) is 15.9 Å². The Morgan fingerprint density at radius 3 is 2.21 bits per heavy atom. The maximum absolute atomic E-state index is 13.1. The minimum absolute atomic E-state index is 0.119. The SMILES string of the molecule is CCN(CC)S(=O)(=O)c1ccc(N2CCCCC2)c(NC(=O)c2ccc(CNC(C)=O)cc2)c1. The number of nitrogens with one attached hydrogen (secondary N) is 2. The van der Waals surface area contributed by atoms with E-state index in [9.17, 15) is 18.0 Å². The summed E-state index contributed by atoms with van der Waals surface area (Å²) in [5.41, 5.74) is 2.65. The lowest BCUT2D eigenvalue weighted by molar-refractivity contribution is -0.119. The second-order valence-electron chi connectivity index (χ2n) is 8.38. The molecule has 0 aromatic heterocycles. The van der Waals surface area contributed by atoms with E-state index in [1.54, 1.807) is 56.3 Å². The van der Waals surface area contributed by atoms with Gasteiger partial charge >= 0.3 is 0 Å². The first kappa shape index (κ1) is 25.7. The van der Waals surface area contributed by atoms with Crippen molar-refractivity contribution in [3.05, 3.63) is 53.6 Å². The number of anilines is 2. The van der Waals surface area contributed by atoms with Gasteiger partial charge in [0.1, 0.15) is 0 Å². The van der Waals surface area contributed by atoms with Crippen LogP contribution in [0.1, 0.15) is 56.0 Å². The highest BCUT2D eigenvalue weighted by molar-refractivity contribution is 7.89. The van der Waals surface area contributed by atoms with E-state index in [-0.39, 0.29) is 16.7 Å². The Hall–Kier alpha value is -2.91. The summed E-state index contributed by atoms with van der Waals surface area (Å²) < 4.78 is 27.6. The fourth-order valence-electron chi connectivity index (χ4n) is 4.09. The van der Waals surface area contributed by atoms with Crippen LogP contribution in [0.3, 0.4) is 0 Å². The van der Waals surface area contributed by atoms with E-state index in [2.05, 4.69) is 15.5 Å². The highest BCUT2D eigenvalue weighted by Crippen LogP contribution is 2.32. The van der Waals surface area contributed by atoms with Crippen molar-refractivity contribution < 1.29 is 18.0 Å². The van der Waals surface area contributed by atoms with Gasteiger partial charge in [0.25, 0.3) is 5.91 Å². The second-order valence-corrected chi connectivity index (χ2v) is 10.3. The third-order valence-electron chi connectivity index (χ3n) is 6.01. The number of hydrogen-bond donors (Lipinski definition) is 2. The van der Waals surface area contributed by atoms with Gasteiger partial charge in [-0.15, -0.1) is 0 Å². The summed E-state index contributed by atoms with van der Waals surface area (Å²) in [6.07, 6.45) is 3.28. The molecule has 0 atom stereocenters. The van der Waals surface area contributed by atoms with E-state index < -0.39 is 10.0 Å². The summed E-state index contributed by atoms with van der Waals surface area (Å²) in [6, 6.07) is 12.0. The Labute approximate surface area is 202 Å². The van der Waals surface area contributed by atoms with Gasteiger partial charge in [0.05, 0.1) is 16.3 Å². The zero-order chi connectivity index (χ0) is 24.7. The van der Waals surface area contributed by atoms with Crippen LogP contribution >= 0.6 is 0 Å². The largest absolute Gasteiger partial charge is 0.370 e. The van der Waals surface area contributed by atoms with Crippen molar-refractivity contribution in [2.24, 2.45) is 0 Å². The van der Waals surface area contributed by atoms with Gasteiger partial charge in [-0.2, -0.15) is 4.31 Å². The first-order chi connectivity index (χ1) is 16.3. The van der Waals surface area contributed by atoms with Crippen LogP contribution in [0.15, 0.2) is 47.4 Å². The lowest BCUT2D eigenvalue weighted by Crippen LogP contribution is -2.32. The number of carbonyl (C=O) groups is 2. The molecule has 2 amide bonds. The van der Waals surface area contributed by atoms with Crippen molar-refractivity contribution in [3.63, 3.8) is 0 Å². The molecule has 0 aliphatic carbocycles. The molecule has 2 aromatic rings. The maximum atomic E-state index is 13.1. The highest BCUT2D eigenvalue weighted by atomic mass is 32.2. The predicted molar refractivity (Wildman–Crippen MR) is 135 cm³/mol. The third-order valence-corrected chi connectivity index (χ3v) is 8.06. The lowest BCUT2D eigenvalue weighted by Gasteiger charge is -2.31. The molecule has 0 bridgehead atoms. The monoisotopic (exact) mass is 486 g/mol. The molecule has 3 rings (SSSR count). The Balaban J connectivity index is 1.90. The van der Waals surface area contributed by atoms with E-state index in [4.69, 9.17) is 0 Å². The standard InChI is InChI=1S/C25H34N4O4S/c1-4-29(5-2)34(32,33)22-13-14-24(28-15-7-6-8-16-28)23(17-22)27-25(31)21-11-9-20(10-12-21)18-26-19(3)30/h9-14,17H,4-8,15-16,18H2,1-3H3,(H,26,30)(H,27,31). The van der Waals surface area contributed by atoms with Crippen LogP contribution in [-0.4, -0.2) is 50.7 Å². The maximum Gasteiger partial charge on any atom is 0.255 e. The summed E-state index contributed by atoms with van der Waals surface area (Å²) in [6.45, 7) is 7.94. The van der Waals surface area contributed by atoms with Crippen molar-refractivity contribution in [2.75, 3.05) is 36.4 Å². The molecule has 0 spiro atoms. The normalized spacial score (nSPS) is 14.2. The fourth-order valence-corrected chi connectivity index (χ4v) is 5.58. The topological polar surface area (TPSA) is 98.8 Å². The molecule has 1 fully saturated rings. The van der Waals surface area contributed by atoms with Crippen molar-refractivity contribution in [1.29, 1.82) is 0 Å². The van der Waals surface area contributed by atoms with E-state index in [0.29, 0.717) is 30.9 Å². The van der Waals surface area contributed by atoms with Crippen LogP contribution in [0, 0.1) is 0 Å². The molecular formula is C25H34N4O4S. The van der Waals surface area contributed by atoms with E-state index in [1.165, 1.54) is 11.2 Å². The van der Waals surface area contributed by atoms with E-state index in [1.807, 2.05) is 0 Å². The predicted octanol–water partition coefficient (Wildman–Crippen LogP) is 3.60. The minimum atomic E-state index is -3.66. The molecule has 1 aliphatic heterocycles. The average Bonchev–Trinajstić information content (AvgIpc) is 2.84. The van der Waals surface area contributed by atoms with Crippen LogP contribution in [0.25, 0.3) is 0 Å². The van der Waals surface area contributed by atoms with Crippen LogP contribution in [0.5, 0.6) is 0 Å². The Morgan fingerprint density at radius 1 is 0.971 bits per heavy atom. The summed E-state index contributed by atoms with van der Waals surface area (Å²) in [5.74, 6) is -0.437. The summed E-state index contributed by atoms with van der Waals surface area (Å²) in [5, 5.41) is 5.68. The number of nitrogens with zero attached hydrogens (tertiary/aromatic N) is 2. The fraction of sp³-hybridized carbons (Fsp3) is 0.440. The van der Waals surface area contributed by atoms with E-state index >= 15 is 0 Å². The Kier molecular flexibility index (Phi) is 8.68. The van der Waals surface area contributed by atoms with Crippen molar-refractivity contribution >= 4 is 33.2 Å². The van der Waals surface area contributed by atoms with Crippen molar-refractivity contribution in [1.82, 2.24) is 9.62 Å². The zero-order valence-corrected chi connectivity index (χ0v) is 21.0. The van der Waals surface area contributed by atoms with Gasteiger partial charge in [-0.25, -0.2) is 8.42 Å². The zero-order valence-electron chi connectivity index (χ0n) is 20.1. The number of amides is 2. The number of piperidine rings is 1. The highest BCUT2D eigenvalue weighted by Gasteiger charge is 2.25. The molecule has 34 heavy (non-hydrogen) atoms. The van der Waals surface area contributed by atoms with Crippen LogP contribution in [0.2, 0.25) is 0 Å². The van der Waals surface area contributed by atoms with Gasteiger partial charge in [-0.3, -0.25) is 9.59 Å². The summed E-state index contributed by atoms with van der Waals surface area (Å²) in [7, 11) is -3.66. The Bertz CT molecular complexity index is 1110. The molecule has 8 nitrogen and oxygen atoms in total. The molecule has 184 valence electrons. The van der Waals surface area contributed by atoms with Crippen LogP contribution in [-0.2, 0) is 21.4 Å². The van der Waals surface area contributed by atoms with Gasteiger partial charge in [-0.1, -0.05) is 26.0 Å². The molecule has 0 radical (unpaired) electrons. The van der Waals surface area contributed by atoms with E-state index in [0.717, 1.165) is 43.6 Å². The number of hydrogen-bond acceptors (Lipinski definition) is 5. The van der Waals surface area contributed by atoms with Crippen LogP contribution < -0.4 is 15.5 Å². The first-order valence-corrected chi connectivity index (χ1v) is 13.2. The van der Waals surface area contributed by atoms with Crippen molar-refractivity contribution in [3.8, 4) is 0 Å². The number of sulfonamides is 1. The second kappa shape index (κ2) is 11.5. The van der Waals surface area contributed by atoms with Gasteiger partial charge in [0, 0.05) is 45.2 Å². The number of benzene rings is 2. The lowest BCUT2D eigenvalue weighted by atomic mass is 10.1. The quantitative estimate of drug-likeness (QED) is 0.564. The molecule has 1 aliphatic rings. The first-order valence-electron chi connectivity index (χ1n) is 11.8. The number of rotatable bonds is 9. The van der Waals surface area contributed by atoms with Gasteiger partial charge in [0.15, 0.2) is 0 Å². The molecular weight excluding hydrogens is 452 g/mol. The van der Waals surface area contributed by atoms with Crippen molar-refractivity contribution in [2.45, 2.75) is 51.5 Å². The molecule has 1 heterocycles. The molecule has 9 heteroatoms. The molecule has 0 saturated carbocycles. The smallest absolute Gasteiger partial charge is 0.255 e. The van der Waals surface area contributed by atoms with Gasteiger partial charge in [-0.05, 0) is 55.2 Å². The average molecular weight is 487 g/mol. The molecule has 2 N–H and O–H groups in total. The minimum Gasteiger partial charge on any atom is -0.370 e. The third kappa shape index (κ3) is 6.15. The molecule has 2 aromatic carbocycles. The molecule has 0 unspecified atom stereocenters. The number of carbonyl (C=O) groups excluding carboxylic acids is 2.